The maximum Gasteiger partial charge on any atom is 0.308 e. The molecule has 3 aromatic carbocycles. The van der Waals surface area contributed by atoms with Gasteiger partial charge in [-0.2, -0.15) is 4.31 Å². The third-order valence-electron chi connectivity index (χ3n) is 5.79. The first kappa shape index (κ1) is 22.9. The molecule has 0 N–H and O–H groups in total. The third-order valence-corrected chi connectivity index (χ3v) is 7.93. The fourth-order valence-corrected chi connectivity index (χ4v) is 5.57. The normalized spacial score (nSPS) is 20.3. The first-order valence-corrected chi connectivity index (χ1v) is 12.4. The molecule has 0 aliphatic carbocycles. The van der Waals surface area contributed by atoms with E-state index in [-0.39, 0.29) is 35.0 Å². The van der Waals surface area contributed by atoms with Gasteiger partial charge in [0.2, 0.25) is 10.0 Å². The summed E-state index contributed by atoms with van der Waals surface area (Å²) in [6.45, 7) is 1.20. The quantitative estimate of drug-likeness (QED) is 0.518. The second kappa shape index (κ2) is 8.74. The summed E-state index contributed by atoms with van der Waals surface area (Å²) in [5.74, 6) is -1.50. The minimum Gasteiger partial charge on any atom is -0.497 e. The molecule has 1 fully saturated rings. The van der Waals surface area contributed by atoms with Crippen molar-refractivity contribution in [2.24, 2.45) is 0 Å². The highest BCUT2D eigenvalue weighted by Crippen LogP contribution is 2.49. The molecule has 1 saturated heterocycles. The summed E-state index contributed by atoms with van der Waals surface area (Å²) in [5.41, 5.74) is 0.583. The molecule has 34 heavy (non-hydrogen) atoms. The molecule has 0 bridgehead atoms. The molecule has 2 aliphatic heterocycles. The molecule has 7 nitrogen and oxygen atoms in total. The minimum atomic E-state index is -3.76. The number of benzene rings is 3. The Bertz CT molecular complexity index is 1330. The van der Waals surface area contributed by atoms with Gasteiger partial charge >= 0.3 is 5.79 Å². The van der Waals surface area contributed by atoms with Gasteiger partial charge in [0.15, 0.2) is 11.5 Å². The molecule has 5 rings (SSSR count). The summed E-state index contributed by atoms with van der Waals surface area (Å²) >= 11 is 6.06. The van der Waals surface area contributed by atoms with Crippen LogP contribution in [0.3, 0.4) is 0 Å². The van der Waals surface area contributed by atoms with E-state index in [2.05, 4.69) is 0 Å². The van der Waals surface area contributed by atoms with Gasteiger partial charge in [-0.15, -0.1) is 0 Å². The van der Waals surface area contributed by atoms with Gasteiger partial charge in [0.25, 0.3) is 0 Å². The van der Waals surface area contributed by atoms with Crippen LogP contribution in [0.4, 0.5) is 4.39 Å². The van der Waals surface area contributed by atoms with Crippen LogP contribution in [0.25, 0.3) is 0 Å². The predicted octanol–water partition coefficient (Wildman–Crippen LogP) is 4.18. The van der Waals surface area contributed by atoms with Crippen LogP contribution in [0.5, 0.6) is 17.2 Å². The van der Waals surface area contributed by atoms with E-state index in [1.54, 1.807) is 30.3 Å². The zero-order valence-electron chi connectivity index (χ0n) is 18.2. The van der Waals surface area contributed by atoms with Crippen molar-refractivity contribution in [1.82, 2.24) is 4.31 Å². The van der Waals surface area contributed by atoms with E-state index in [4.69, 9.17) is 30.5 Å². The maximum absolute atomic E-state index is 15.3. The van der Waals surface area contributed by atoms with E-state index in [0.717, 1.165) is 0 Å². The fourth-order valence-electron chi connectivity index (χ4n) is 4.02. The fraction of sp³-hybridized carbons (Fsp3) is 0.250. The van der Waals surface area contributed by atoms with Crippen LogP contribution in [0, 0.1) is 5.82 Å². The van der Waals surface area contributed by atoms with Crippen molar-refractivity contribution in [1.29, 1.82) is 0 Å². The van der Waals surface area contributed by atoms with Crippen molar-refractivity contribution in [2.75, 3.05) is 33.4 Å². The molecule has 178 valence electrons. The number of morpholine rings is 1. The Kier molecular flexibility index (Phi) is 5.89. The van der Waals surface area contributed by atoms with E-state index >= 15 is 4.39 Å². The summed E-state index contributed by atoms with van der Waals surface area (Å²) in [6, 6.07) is 15.3. The van der Waals surface area contributed by atoms with Crippen LogP contribution >= 0.6 is 11.6 Å². The van der Waals surface area contributed by atoms with Crippen molar-refractivity contribution >= 4 is 21.6 Å². The summed E-state index contributed by atoms with van der Waals surface area (Å²) < 4.78 is 65.7. The number of methoxy groups -OCH3 is 1. The molecule has 0 aromatic heterocycles. The Morgan fingerprint density at radius 3 is 2.35 bits per heavy atom. The van der Waals surface area contributed by atoms with Gasteiger partial charge in [-0.1, -0.05) is 11.6 Å². The Morgan fingerprint density at radius 2 is 1.68 bits per heavy atom. The van der Waals surface area contributed by atoms with E-state index < -0.39 is 21.6 Å². The van der Waals surface area contributed by atoms with Gasteiger partial charge in [0.1, 0.15) is 11.6 Å². The number of fused-ring (bicyclic) bond motifs is 1. The van der Waals surface area contributed by atoms with Crippen LogP contribution in [-0.2, 0) is 20.5 Å². The monoisotopic (exact) mass is 505 g/mol. The Labute approximate surface area is 201 Å². The second-order valence-corrected chi connectivity index (χ2v) is 10.2. The summed E-state index contributed by atoms with van der Waals surface area (Å²) in [6.07, 6.45) is 0. The first-order chi connectivity index (χ1) is 16.3. The zero-order valence-corrected chi connectivity index (χ0v) is 19.7. The maximum atomic E-state index is 15.3. The largest absolute Gasteiger partial charge is 0.497 e. The van der Waals surface area contributed by atoms with E-state index in [9.17, 15) is 8.42 Å². The third kappa shape index (κ3) is 3.88. The lowest BCUT2D eigenvalue weighted by atomic mass is 9.96. The molecular formula is C24H21ClFNO6S. The molecule has 0 radical (unpaired) electrons. The van der Waals surface area contributed by atoms with E-state index in [1.165, 1.54) is 41.7 Å². The number of sulfonamides is 1. The molecular weight excluding hydrogens is 485 g/mol. The van der Waals surface area contributed by atoms with Gasteiger partial charge in [0, 0.05) is 35.8 Å². The highest BCUT2D eigenvalue weighted by atomic mass is 35.5. The van der Waals surface area contributed by atoms with Crippen LogP contribution in [0.1, 0.15) is 11.1 Å². The minimum absolute atomic E-state index is 0.0545. The lowest BCUT2D eigenvalue weighted by Crippen LogP contribution is -2.40. The molecule has 1 atom stereocenters. The molecule has 0 spiro atoms. The average molecular weight is 506 g/mol. The lowest BCUT2D eigenvalue weighted by Gasteiger charge is -2.29. The van der Waals surface area contributed by atoms with E-state index in [1.807, 2.05) is 0 Å². The van der Waals surface area contributed by atoms with Crippen LogP contribution in [0.2, 0.25) is 5.02 Å². The number of nitrogens with zero attached hydrogens (tertiary/aromatic N) is 1. The molecule has 1 unspecified atom stereocenters. The molecule has 3 aromatic rings. The summed E-state index contributed by atoms with van der Waals surface area (Å²) in [5, 5.41) is 0.489. The van der Waals surface area contributed by atoms with Gasteiger partial charge < -0.3 is 18.9 Å². The number of ether oxygens (including phenoxy) is 4. The van der Waals surface area contributed by atoms with Crippen LogP contribution in [-0.4, -0.2) is 46.1 Å². The SMILES string of the molecule is COc1ccc(C2(c3ccc(Cl)cc3)Oc3ccc(S(=O)(=O)N4CCOCC4)cc3O2)c(F)c1. The summed E-state index contributed by atoms with van der Waals surface area (Å²) in [4.78, 5) is 0.0545. The first-order valence-electron chi connectivity index (χ1n) is 10.5. The Hall–Kier alpha value is -2.85. The number of hydrogen-bond donors (Lipinski definition) is 0. The van der Waals surface area contributed by atoms with Gasteiger partial charge in [-0.25, -0.2) is 12.8 Å². The van der Waals surface area contributed by atoms with Crippen molar-refractivity contribution in [3.8, 4) is 17.2 Å². The van der Waals surface area contributed by atoms with Crippen molar-refractivity contribution in [2.45, 2.75) is 10.7 Å². The van der Waals surface area contributed by atoms with E-state index in [0.29, 0.717) is 29.5 Å². The second-order valence-electron chi connectivity index (χ2n) is 7.80. The Balaban J connectivity index is 1.59. The van der Waals surface area contributed by atoms with Gasteiger partial charge in [-0.3, -0.25) is 0 Å². The highest BCUT2D eigenvalue weighted by Gasteiger charge is 2.48. The smallest absolute Gasteiger partial charge is 0.308 e. The predicted molar refractivity (Wildman–Crippen MR) is 122 cm³/mol. The lowest BCUT2D eigenvalue weighted by molar-refractivity contribution is -0.0487. The number of rotatable bonds is 5. The van der Waals surface area contributed by atoms with Crippen molar-refractivity contribution in [3.63, 3.8) is 0 Å². The standard InChI is InChI=1S/C24H21ClFNO6S/c1-30-18-6-8-20(21(26)14-18)24(16-2-4-17(25)5-3-16)32-22-9-7-19(15-23(22)33-24)34(28,29)27-10-12-31-13-11-27/h2-9,14-15H,10-13H2,1H3. The highest BCUT2D eigenvalue weighted by molar-refractivity contribution is 7.89. The van der Waals surface area contributed by atoms with Crippen LogP contribution in [0.15, 0.2) is 65.6 Å². The summed E-state index contributed by atoms with van der Waals surface area (Å²) in [7, 11) is -2.32. The van der Waals surface area contributed by atoms with Gasteiger partial charge in [0.05, 0.1) is 30.8 Å². The average Bonchev–Trinajstić information content (AvgIpc) is 3.24. The van der Waals surface area contributed by atoms with Crippen molar-refractivity contribution in [3.05, 3.63) is 82.6 Å². The molecule has 2 heterocycles. The molecule has 2 aliphatic rings. The zero-order chi connectivity index (χ0) is 23.9. The van der Waals surface area contributed by atoms with Crippen molar-refractivity contribution < 1.29 is 31.8 Å². The Morgan fingerprint density at radius 1 is 0.971 bits per heavy atom. The van der Waals surface area contributed by atoms with Gasteiger partial charge in [-0.05, 0) is 48.5 Å². The number of hydrogen-bond acceptors (Lipinski definition) is 6. The number of halogens is 2. The molecule has 10 heteroatoms. The van der Waals surface area contributed by atoms with Crippen LogP contribution < -0.4 is 14.2 Å². The molecule has 0 saturated carbocycles. The topological polar surface area (TPSA) is 74.3 Å². The molecule has 0 amide bonds.